The zero-order valence-corrected chi connectivity index (χ0v) is 9.88. The number of aldehydes is 1. The summed E-state index contributed by atoms with van der Waals surface area (Å²) in [6.45, 7) is 2.33. The van der Waals surface area contributed by atoms with Crippen LogP contribution < -0.4 is 4.74 Å². The molecule has 4 nitrogen and oxygen atoms in total. The first-order valence-corrected chi connectivity index (χ1v) is 5.35. The van der Waals surface area contributed by atoms with Gasteiger partial charge in [-0.05, 0) is 18.6 Å². The highest BCUT2D eigenvalue weighted by atomic mass is 16.5. The Morgan fingerprint density at radius 2 is 2.29 bits per heavy atom. The minimum atomic E-state index is 0.405. The van der Waals surface area contributed by atoms with Gasteiger partial charge in [0.15, 0.2) is 6.29 Å². The van der Waals surface area contributed by atoms with Crippen molar-refractivity contribution in [2.75, 3.05) is 0 Å². The molecule has 1 aromatic carbocycles. The number of para-hydroxylation sites is 1. The van der Waals surface area contributed by atoms with Crippen LogP contribution in [-0.4, -0.2) is 15.8 Å². The van der Waals surface area contributed by atoms with Crippen LogP contribution in [0.4, 0.5) is 0 Å². The number of benzene rings is 1. The van der Waals surface area contributed by atoms with Crippen molar-refractivity contribution in [1.82, 2.24) is 9.55 Å². The molecule has 88 valence electrons. The number of ether oxygens (including phenoxy) is 1. The lowest BCUT2D eigenvalue weighted by Gasteiger charge is -2.11. The molecule has 0 bridgehead atoms. The summed E-state index contributed by atoms with van der Waals surface area (Å²) in [6.07, 6.45) is 4.28. The second kappa shape index (κ2) is 4.82. The van der Waals surface area contributed by atoms with Gasteiger partial charge >= 0.3 is 0 Å². The van der Waals surface area contributed by atoms with Crippen LogP contribution in [0.3, 0.4) is 0 Å². The van der Waals surface area contributed by atoms with Crippen LogP contribution in [0.2, 0.25) is 0 Å². The second-order valence-electron chi connectivity index (χ2n) is 3.90. The van der Waals surface area contributed by atoms with Crippen molar-refractivity contribution >= 4 is 6.29 Å². The van der Waals surface area contributed by atoms with E-state index >= 15 is 0 Å². The second-order valence-corrected chi connectivity index (χ2v) is 3.90. The monoisotopic (exact) mass is 230 g/mol. The van der Waals surface area contributed by atoms with Crippen molar-refractivity contribution in [3.63, 3.8) is 0 Å². The lowest BCUT2D eigenvalue weighted by Crippen LogP contribution is -2.03. The van der Waals surface area contributed by atoms with Gasteiger partial charge < -0.3 is 9.30 Å². The van der Waals surface area contributed by atoms with Gasteiger partial charge in [0.25, 0.3) is 0 Å². The molecule has 2 aromatic rings. The third kappa shape index (κ3) is 2.36. The first-order valence-electron chi connectivity index (χ1n) is 5.35. The van der Waals surface area contributed by atoms with Gasteiger partial charge in [-0.3, -0.25) is 4.79 Å². The fourth-order valence-electron chi connectivity index (χ4n) is 1.63. The molecule has 0 fully saturated rings. The lowest BCUT2D eigenvalue weighted by molar-refractivity contribution is 0.111. The van der Waals surface area contributed by atoms with Crippen LogP contribution in [0.15, 0.2) is 30.7 Å². The Hall–Kier alpha value is -2.10. The Morgan fingerprint density at radius 3 is 2.94 bits per heavy atom. The number of nitrogens with zero attached hydrogens (tertiary/aromatic N) is 2. The highest BCUT2D eigenvalue weighted by Crippen LogP contribution is 2.22. The SMILES string of the molecule is Cc1cccc(C=O)c1OCc1cncn1C. The molecule has 0 unspecified atom stereocenters. The number of carbonyl (C=O) groups is 1. The van der Waals surface area contributed by atoms with E-state index in [1.54, 1.807) is 18.6 Å². The van der Waals surface area contributed by atoms with E-state index in [1.165, 1.54) is 0 Å². The summed E-state index contributed by atoms with van der Waals surface area (Å²) in [5, 5.41) is 0. The predicted octanol–water partition coefficient (Wildman–Crippen LogP) is 2.12. The molecule has 1 aromatic heterocycles. The molecule has 17 heavy (non-hydrogen) atoms. The third-order valence-corrected chi connectivity index (χ3v) is 2.65. The topological polar surface area (TPSA) is 44.1 Å². The Kier molecular flexibility index (Phi) is 3.23. The summed E-state index contributed by atoms with van der Waals surface area (Å²) in [5.74, 6) is 0.642. The lowest BCUT2D eigenvalue weighted by atomic mass is 10.1. The number of hydrogen-bond acceptors (Lipinski definition) is 3. The molecule has 0 spiro atoms. The van der Waals surface area contributed by atoms with Crippen molar-refractivity contribution in [1.29, 1.82) is 0 Å². The summed E-state index contributed by atoms with van der Waals surface area (Å²) in [5.41, 5.74) is 2.49. The van der Waals surface area contributed by atoms with Gasteiger partial charge in [-0.1, -0.05) is 12.1 Å². The molecule has 0 N–H and O–H groups in total. The maximum absolute atomic E-state index is 10.9. The van der Waals surface area contributed by atoms with Gasteiger partial charge in [0.05, 0.1) is 23.8 Å². The third-order valence-electron chi connectivity index (χ3n) is 2.65. The van der Waals surface area contributed by atoms with Crippen LogP contribution in [-0.2, 0) is 13.7 Å². The molecule has 0 aliphatic carbocycles. The first kappa shape index (κ1) is 11.4. The number of aromatic nitrogens is 2. The van der Waals surface area contributed by atoms with Crippen LogP contribution >= 0.6 is 0 Å². The van der Waals surface area contributed by atoms with E-state index in [4.69, 9.17) is 4.74 Å². The van der Waals surface area contributed by atoms with E-state index in [1.807, 2.05) is 30.7 Å². The minimum absolute atomic E-state index is 0.405. The fourth-order valence-corrected chi connectivity index (χ4v) is 1.63. The van der Waals surface area contributed by atoms with Crippen LogP contribution in [0.1, 0.15) is 21.6 Å². The number of imidazole rings is 1. The number of aryl methyl sites for hydroxylation is 2. The van der Waals surface area contributed by atoms with E-state index < -0.39 is 0 Å². The standard InChI is InChI=1S/C13H14N2O2/c1-10-4-3-5-11(7-16)13(10)17-8-12-6-14-9-15(12)2/h3-7,9H,8H2,1-2H3. The van der Waals surface area contributed by atoms with E-state index in [2.05, 4.69) is 4.98 Å². The first-order chi connectivity index (χ1) is 8.22. The Bertz CT molecular complexity index is 532. The van der Waals surface area contributed by atoms with Crippen LogP contribution in [0.5, 0.6) is 5.75 Å². The highest BCUT2D eigenvalue weighted by molar-refractivity contribution is 5.80. The van der Waals surface area contributed by atoms with Gasteiger partial charge in [-0.25, -0.2) is 4.98 Å². The summed E-state index contributed by atoms with van der Waals surface area (Å²) >= 11 is 0. The Labute approximate surface area is 99.9 Å². The quantitative estimate of drug-likeness (QED) is 0.756. The van der Waals surface area contributed by atoms with E-state index in [-0.39, 0.29) is 0 Å². The predicted molar refractivity (Wildman–Crippen MR) is 64.1 cm³/mol. The van der Waals surface area contributed by atoms with Crippen molar-refractivity contribution in [3.05, 3.63) is 47.5 Å². The van der Waals surface area contributed by atoms with Crippen molar-refractivity contribution in [2.24, 2.45) is 7.05 Å². The van der Waals surface area contributed by atoms with Crippen LogP contribution in [0.25, 0.3) is 0 Å². The largest absolute Gasteiger partial charge is 0.486 e. The minimum Gasteiger partial charge on any atom is -0.486 e. The Balaban J connectivity index is 2.19. The maximum atomic E-state index is 10.9. The summed E-state index contributed by atoms with van der Waals surface area (Å²) in [6, 6.07) is 5.51. The fraction of sp³-hybridized carbons (Fsp3) is 0.231. The molecular weight excluding hydrogens is 216 g/mol. The van der Waals surface area contributed by atoms with E-state index in [0.29, 0.717) is 17.9 Å². The number of rotatable bonds is 4. The zero-order valence-electron chi connectivity index (χ0n) is 9.88. The van der Waals surface area contributed by atoms with Gasteiger partial charge in [0.2, 0.25) is 0 Å². The molecule has 0 radical (unpaired) electrons. The van der Waals surface area contributed by atoms with Gasteiger partial charge in [0.1, 0.15) is 12.4 Å². The molecule has 4 heteroatoms. The normalized spacial score (nSPS) is 10.2. The zero-order chi connectivity index (χ0) is 12.3. The number of carbonyl (C=O) groups excluding carboxylic acids is 1. The van der Waals surface area contributed by atoms with Crippen molar-refractivity contribution in [2.45, 2.75) is 13.5 Å². The van der Waals surface area contributed by atoms with E-state index in [9.17, 15) is 4.79 Å². The maximum Gasteiger partial charge on any atom is 0.153 e. The molecule has 0 atom stereocenters. The van der Waals surface area contributed by atoms with Crippen molar-refractivity contribution in [3.8, 4) is 5.75 Å². The molecule has 0 saturated heterocycles. The molecule has 2 rings (SSSR count). The van der Waals surface area contributed by atoms with Gasteiger partial charge in [-0.2, -0.15) is 0 Å². The molecule has 0 amide bonds. The number of hydrogen-bond donors (Lipinski definition) is 0. The molecular formula is C13H14N2O2. The summed E-state index contributed by atoms with van der Waals surface area (Å²) < 4.78 is 7.58. The molecule has 0 aliphatic heterocycles. The summed E-state index contributed by atoms with van der Waals surface area (Å²) in [4.78, 5) is 14.9. The van der Waals surface area contributed by atoms with Crippen LogP contribution in [0, 0.1) is 6.92 Å². The Morgan fingerprint density at radius 1 is 1.47 bits per heavy atom. The van der Waals surface area contributed by atoms with E-state index in [0.717, 1.165) is 17.5 Å². The van der Waals surface area contributed by atoms with Gasteiger partial charge in [0, 0.05) is 7.05 Å². The van der Waals surface area contributed by atoms with Crippen molar-refractivity contribution < 1.29 is 9.53 Å². The molecule has 1 heterocycles. The molecule has 0 aliphatic rings. The average Bonchev–Trinajstić information content (AvgIpc) is 2.73. The average molecular weight is 230 g/mol. The molecule has 0 saturated carbocycles. The summed E-state index contributed by atoms with van der Waals surface area (Å²) in [7, 11) is 1.91. The highest BCUT2D eigenvalue weighted by Gasteiger charge is 2.07. The van der Waals surface area contributed by atoms with Gasteiger partial charge in [-0.15, -0.1) is 0 Å². The smallest absolute Gasteiger partial charge is 0.153 e.